The zero-order valence-corrected chi connectivity index (χ0v) is 20.5. The Kier molecular flexibility index (Phi) is 9.53. The monoisotopic (exact) mass is 459 g/mol. The molecule has 3 rings (SSSR count). The van der Waals surface area contributed by atoms with E-state index in [9.17, 15) is 4.79 Å². The van der Waals surface area contributed by atoms with Crippen LogP contribution in [0.5, 0.6) is 5.75 Å². The van der Waals surface area contributed by atoms with Crippen LogP contribution in [0.4, 0.5) is 10.5 Å². The summed E-state index contributed by atoms with van der Waals surface area (Å²) in [5, 5.41) is 3.65. The third-order valence-corrected chi connectivity index (χ3v) is 6.01. The second-order valence-corrected chi connectivity index (χ2v) is 8.79. The Morgan fingerprint density at radius 2 is 1.65 bits per heavy atom. The van der Waals surface area contributed by atoms with E-state index in [-0.39, 0.29) is 12.2 Å². The molecule has 0 aliphatic rings. The SMILES string of the molecule is CCCCCC(NC(C)c1ccc(C)cc1)N(C(N)=O)c1ccc(OCc2ccccc2)cc1. The maximum Gasteiger partial charge on any atom is 0.320 e. The first-order valence-electron chi connectivity index (χ1n) is 12.2. The minimum atomic E-state index is -0.469. The van der Waals surface area contributed by atoms with Crippen LogP contribution in [0, 0.1) is 6.92 Å². The molecule has 0 saturated carbocycles. The quantitative estimate of drug-likeness (QED) is 0.233. The number of nitrogens with zero attached hydrogens (tertiary/aromatic N) is 1. The predicted molar refractivity (Wildman–Crippen MR) is 140 cm³/mol. The fourth-order valence-electron chi connectivity index (χ4n) is 4.02. The highest BCUT2D eigenvalue weighted by Gasteiger charge is 2.25. The van der Waals surface area contributed by atoms with Gasteiger partial charge in [-0.05, 0) is 55.7 Å². The topological polar surface area (TPSA) is 67.6 Å². The number of nitrogens with one attached hydrogen (secondary N) is 1. The van der Waals surface area contributed by atoms with E-state index in [0.29, 0.717) is 6.61 Å². The summed E-state index contributed by atoms with van der Waals surface area (Å²) < 4.78 is 5.91. The molecule has 0 bridgehead atoms. The van der Waals surface area contributed by atoms with Gasteiger partial charge in [0.05, 0.1) is 6.17 Å². The molecule has 0 heterocycles. The van der Waals surface area contributed by atoms with Crippen LogP contribution in [0.3, 0.4) is 0 Å². The molecule has 2 unspecified atom stereocenters. The number of aryl methyl sites for hydroxylation is 1. The third kappa shape index (κ3) is 7.35. The lowest BCUT2D eigenvalue weighted by Crippen LogP contribution is -2.52. The molecule has 180 valence electrons. The molecule has 0 aliphatic carbocycles. The summed E-state index contributed by atoms with van der Waals surface area (Å²) in [5.41, 5.74) is 10.2. The van der Waals surface area contributed by atoms with Crippen molar-refractivity contribution in [3.05, 3.63) is 95.6 Å². The van der Waals surface area contributed by atoms with Crippen LogP contribution in [0.1, 0.15) is 62.3 Å². The Labute approximate surface area is 203 Å². The van der Waals surface area contributed by atoms with E-state index in [1.807, 2.05) is 54.6 Å². The Hall–Kier alpha value is -3.31. The van der Waals surface area contributed by atoms with E-state index in [2.05, 4.69) is 50.4 Å². The van der Waals surface area contributed by atoms with Gasteiger partial charge in [-0.25, -0.2) is 4.79 Å². The highest BCUT2D eigenvalue weighted by Crippen LogP contribution is 2.25. The van der Waals surface area contributed by atoms with E-state index < -0.39 is 6.03 Å². The number of anilines is 1. The van der Waals surface area contributed by atoms with Crippen molar-refractivity contribution >= 4 is 11.7 Å². The lowest BCUT2D eigenvalue weighted by molar-refractivity contribution is 0.248. The van der Waals surface area contributed by atoms with Gasteiger partial charge in [0.25, 0.3) is 0 Å². The minimum absolute atomic E-state index is 0.0718. The van der Waals surface area contributed by atoms with Crippen molar-refractivity contribution in [3.63, 3.8) is 0 Å². The second-order valence-electron chi connectivity index (χ2n) is 8.79. The highest BCUT2D eigenvalue weighted by molar-refractivity contribution is 5.91. The molecule has 0 saturated heterocycles. The average Bonchev–Trinajstić information content (AvgIpc) is 2.84. The fourth-order valence-corrected chi connectivity index (χ4v) is 4.02. The molecule has 0 radical (unpaired) electrons. The average molecular weight is 460 g/mol. The lowest BCUT2D eigenvalue weighted by atomic mass is 10.0. The third-order valence-electron chi connectivity index (χ3n) is 6.01. The Morgan fingerprint density at radius 3 is 2.26 bits per heavy atom. The molecule has 3 N–H and O–H groups in total. The van der Waals surface area contributed by atoms with Crippen LogP contribution in [0.25, 0.3) is 0 Å². The Balaban J connectivity index is 1.75. The number of rotatable bonds is 12. The van der Waals surface area contributed by atoms with E-state index in [4.69, 9.17) is 10.5 Å². The maximum atomic E-state index is 12.6. The van der Waals surface area contributed by atoms with Crippen molar-refractivity contribution in [2.24, 2.45) is 5.73 Å². The van der Waals surface area contributed by atoms with Crippen molar-refractivity contribution in [3.8, 4) is 5.75 Å². The molecular formula is C29H37N3O2. The number of ether oxygens (including phenoxy) is 1. The lowest BCUT2D eigenvalue weighted by Gasteiger charge is -2.34. The van der Waals surface area contributed by atoms with Gasteiger partial charge in [-0.3, -0.25) is 10.2 Å². The van der Waals surface area contributed by atoms with Crippen LogP contribution in [0.2, 0.25) is 0 Å². The van der Waals surface area contributed by atoms with Gasteiger partial charge in [0, 0.05) is 11.7 Å². The number of nitrogens with two attached hydrogens (primary N) is 1. The maximum absolute atomic E-state index is 12.6. The summed E-state index contributed by atoms with van der Waals surface area (Å²) in [5.74, 6) is 0.750. The Bertz CT molecular complexity index is 1000. The van der Waals surface area contributed by atoms with E-state index >= 15 is 0 Å². The van der Waals surface area contributed by atoms with E-state index in [1.54, 1.807) is 4.90 Å². The van der Waals surface area contributed by atoms with Crippen LogP contribution in [0.15, 0.2) is 78.9 Å². The number of carbonyl (C=O) groups excluding carboxylic acids is 1. The number of urea groups is 1. The van der Waals surface area contributed by atoms with E-state index in [1.165, 1.54) is 11.1 Å². The summed E-state index contributed by atoms with van der Waals surface area (Å²) in [6, 6.07) is 25.7. The molecule has 5 heteroatoms. The summed E-state index contributed by atoms with van der Waals surface area (Å²) >= 11 is 0. The van der Waals surface area contributed by atoms with Gasteiger partial charge in [-0.2, -0.15) is 0 Å². The largest absolute Gasteiger partial charge is 0.489 e. The molecule has 3 aromatic rings. The fraction of sp³-hybridized carbons (Fsp3) is 0.345. The number of amides is 2. The molecule has 5 nitrogen and oxygen atoms in total. The summed E-state index contributed by atoms with van der Waals surface area (Å²) in [6.07, 6.45) is 3.84. The molecule has 0 aromatic heterocycles. The van der Waals surface area contributed by atoms with Gasteiger partial charge in [0.1, 0.15) is 12.4 Å². The van der Waals surface area contributed by atoms with Crippen LogP contribution in [-0.2, 0) is 6.61 Å². The summed E-state index contributed by atoms with van der Waals surface area (Å²) in [6.45, 7) is 6.88. The van der Waals surface area contributed by atoms with E-state index in [0.717, 1.165) is 42.7 Å². The van der Waals surface area contributed by atoms with Gasteiger partial charge in [-0.15, -0.1) is 0 Å². The first kappa shape index (κ1) is 25.3. The Morgan fingerprint density at radius 1 is 0.971 bits per heavy atom. The number of hydrogen-bond acceptors (Lipinski definition) is 3. The van der Waals surface area contributed by atoms with Crippen LogP contribution >= 0.6 is 0 Å². The number of benzene rings is 3. The van der Waals surface area contributed by atoms with Gasteiger partial charge in [0.2, 0.25) is 0 Å². The van der Waals surface area contributed by atoms with Gasteiger partial charge >= 0.3 is 6.03 Å². The van der Waals surface area contributed by atoms with Crippen molar-refractivity contribution in [2.75, 3.05) is 4.90 Å². The number of unbranched alkanes of at least 4 members (excludes halogenated alkanes) is 2. The molecule has 2 atom stereocenters. The second kappa shape index (κ2) is 12.8. The predicted octanol–water partition coefficient (Wildman–Crippen LogP) is 6.72. The number of primary amides is 1. The molecule has 34 heavy (non-hydrogen) atoms. The van der Waals surface area contributed by atoms with Gasteiger partial charge < -0.3 is 10.5 Å². The molecule has 0 spiro atoms. The standard InChI is InChI=1S/C29H37N3O2/c1-4-5-7-12-28(31-23(3)25-15-13-22(2)14-16-25)32(29(30)33)26-17-19-27(20-18-26)34-21-24-10-8-6-9-11-24/h6,8-11,13-20,23,28,31H,4-5,7,12,21H2,1-3H3,(H2,30,33). The molecule has 0 aliphatic heterocycles. The van der Waals surface area contributed by atoms with Crippen LogP contribution < -0.4 is 20.7 Å². The smallest absolute Gasteiger partial charge is 0.320 e. The molecular weight excluding hydrogens is 422 g/mol. The summed E-state index contributed by atoms with van der Waals surface area (Å²) in [7, 11) is 0. The molecule has 0 fully saturated rings. The first-order chi connectivity index (χ1) is 16.5. The van der Waals surface area contributed by atoms with Crippen molar-refractivity contribution < 1.29 is 9.53 Å². The molecule has 3 aromatic carbocycles. The normalized spacial score (nSPS) is 12.7. The first-order valence-corrected chi connectivity index (χ1v) is 12.2. The van der Waals surface area contributed by atoms with Crippen molar-refractivity contribution in [1.82, 2.24) is 5.32 Å². The zero-order valence-electron chi connectivity index (χ0n) is 20.5. The van der Waals surface area contributed by atoms with Crippen molar-refractivity contribution in [1.29, 1.82) is 0 Å². The number of hydrogen-bond donors (Lipinski definition) is 2. The van der Waals surface area contributed by atoms with Gasteiger partial charge in [-0.1, -0.05) is 86.3 Å². The highest BCUT2D eigenvalue weighted by atomic mass is 16.5. The molecule has 2 amide bonds. The minimum Gasteiger partial charge on any atom is -0.489 e. The van der Waals surface area contributed by atoms with Gasteiger partial charge in [0.15, 0.2) is 0 Å². The van der Waals surface area contributed by atoms with Crippen molar-refractivity contribution in [2.45, 2.75) is 65.3 Å². The number of carbonyl (C=O) groups is 1. The summed E-state index contributed by atoms with van der Waals surface area (Å²) in [4.78, 5) is 14.3. The zero-order chi connectivity index (χ0) is 24.3. The van der Waals surface area contributed by atoms with Crippen LogP contribution in [-0.4, -0.2) is 12.2 Å².